The minimum Gasteiger partial charge on any atom is -0.444 e. The number of carbonyl (C=O) groups is 2. The van der Waals surface area contributed by atoms with Crippen molar-refractivity contribution < 1.29 is 27.2 Å². The monoisotopic (exact) mass is 470 g/mol. The molecule has 0 saturated carbocycles. The van der Waals surface area contributed by atoms with Crippen LogP contribution in [-0.2, 0) is 6.42 Å². The van der Waals surface area contributed by atoms with Crippen LogP contribution in [0, 0.1) is 0 Å². The lowest BCUT2D eigenvalue weighted by atomic mass is 10.1. The van der Waals surface area contributed by atoms with E-state index in [9.17, 15) is 22.8 Å². The number of hydrogen-bond donors (Lipinski definition) is 2. The predicted octanol–water partition coefficient (Wildman–Crippen LogP) is 3.42. The summed E-state index contributed by atoms with van der Waals surface area (Å²) in [7, 11) is 0. The Morgan fingerprint density at radius 1 is 1.15 bits per heavy atom. The zero-order valence-electron chi connectivity index (χ0n) is 17.4. The maximum absolute atomic E-state index is 12.8. The quantitative estimate of drug-likeness (QED) is 0.378. The first-order valence-corrected chi connectivity index (χ1v) is 9.89. The lowest BCUT2D eigenvalue weighted by Gasteiger charge is -2.08. The number of alkyl halides is 3. The Kier molecular flexibility index (Phi) is 6.13. The molecule has 34 heavy (non-hydrogen) atoms. The van der Waals surface area contributed by atoms with Gasteiger partial charge in [-0.1, -0.05) is 18.2 Å². The molecule has 0 aliphatic rings. The molecule has 4 rings (SSSR count). The maximum atomic E-state index is 12.8. The van der Waals surface area contributed by atoms with Gasteiger partial charge in [0, 0.05) is 29.9 Å². The van der Waals surface area contributed by atoms with Gasteiger partial charge >= 0.3 is 6.18 Å². The molecule has 1 amide bonds. The van der Waals surface area contributed by atoms with E-state index >= 15 is 0 Å². The first-order valence-electron chi connectivity index (χ1n) is 9.89. The average Bonchev–Trinajstić information content (AvgIpc) is 3.46. The molecule has 12 heteroatoms. The van der Waals surface area contributed by atoms with Crippen molar-refractivity contribution in [3.05, 3.63) is 78.1 Å². The van der Waals surface area contributed by atoms with Crippen LogP contribution in [0.3, 0.4) is 0 Å². The van der Waals surface area contributed by atoms with Gasteiger partial charge in [-0.3, -0.25) is 9.59 Å². The molecule has 0 radical (unpaired) electrons. The van der Waals surface area contributed by atoms with E-state index in [4.69, 9.17) is 10.2 Å². The van der Waals surface area contributed by atoms with Gasteiger partial charge < -0.3 is 15.5 Å². The number of ketones is 1. The highest BCUT2D eigenvalue weighted by Gasteiger charge is 2.27. The molecule has 0 fully saturated rings. The molecule has 0 spiro atoms. The minimum atomic E-state index is -4.40. The van der Waals surface area contributed by atoms with Crippen LogP contribution < -0.4 is 11.1 Å². The smallest absolute Gasteiger partial charge is 0.405 e. The minimum absolute atomic E-state index is 0.0240. The number of pyridine rings is 1. The number of carbonyl (C=O) groups excluding carboxylic acids is 2. The maximum Gasteiger partial charge on any atom is 0.405 e. The number of benzene rings is 1. The second kappa shape index (κ2) is 9.17. The van der Waals surface area contributed by atoms with Gasteiger partial charge in [-0.05, 0) is 24.3 Å². The van der Waals surface area contributed by atoms with Crippen molar-refractivity contribution in [2.24, 2.45) is 5.73 Å². The molecule has 3 aromatic heterocycles. The molecule has 0 saturated heterocycles. The van der Waals surface area contributed by atoms with E-state index in [0.717, 1.165) is 6.26 Å². The largest absolute Gasteiger partial charge is 0.444 e. The Hall–Kier alpha value is -4.48. The van der Waals surface area contributed by atoms with Crippen molar-refractivity contribution in [1.82, 2.24) is 19.7 Å². The highest BCUT2D eigenvalue weighted by molar-refractivity contribution is 5.99. The van der Waals surface area contributed by atoms with Crippen molar-refractivity contribution in [2.45, 2.75) is 12.6 Å². The summed E-state index contributed by atoms with van der Waals surface area (Å²) in [5.74, 6) is -1.25. The normalized spacial score (nSPS) is 11.4. The fourth-order valence-corrected chi connectivity index (χ4v) is 3.11. The molecule has 0 aliphatic carbocycles. The molecule has 174 valence electrons. The Balaban J connectivity index is 1.52. The van der Waals surface area contributed by atoms with E-state index < -0.39 is 24.4 Å². The summed E-state index contributed by atoms with van der Waals surface area (Å²) >= 11 is 0. The summed E-state index contributed by atoms with van der Waals surface area (Å²) < 4.78 is 44.0. The molecule has 3 N–H and O–H groups in total. The molecule has 0 aliphatic heterocycles. The van der Waals surface area contributed by atoms with Crippen molar-refractivity contribution in [2.75, 3.05) is 11.9 Å². The summed E-state index contributed by atoms with van der Waals surface area (Å²) in [6.07, 6.45) is -0.663. The predicted molar refractivity (Wildman–Crippen MR) is 114 cm³/mol. The van der Waals surface area contributed by atoms with Crippen LogP contribution in [0.2, 0.25) is 0 Å². The number of halogens is 3. The second-order valence-electron chi connectivity index (χ2n) is 7.18. The molecule has 0 unspecified atom stereocenters. The van der Waals surface area contributed by atoms with Crippen LogP contribution in [0.4, 0.5) is 19.0 Å². The Labute approximate surface area is 190 Å². The Morgan fingerprint density at radius 3 is 2.62 bits per heavy atom. The average molecular weight is 470 g/mol. The standard InChI is InChI=1S/C22H17F3N6O3/c23-22(24,25)12-28-18-9-13(6-7-27-18)21-29-16(11-34-21)17(32)8-14-10-31(30-19(14)20(26)33)15-4-2-1-3-5-15/h1-7,9-11H,8,12H2,(H2,26,33)(H,27,28). The van der Waals surface area contributed by atoms with E-state index in [2.05, 4.69) is 20.4 Å². The molecule has 9 nitrogen and oxygen atoms in total. The number of primary amides is 1. The number of nitrogens with one attached hydrogen (secondary N) is 1. The van der Waals surface area contributed by atoms with Gasteiger partial charge in [0.05, 0.1) is 5.69 Å². The van der Waals surface area contributed by atoms with Crippen LogP contribution in [0.5, 0.6) is 0 Å². The van der Waals surface area contributed by atoms with Crippen LogP contribution in [0.15, 0.2) is 65.5 Å². The van der Waals surface area contributed by atoms with Gasteiger partial charge in [-0.15, -0.1) is 0 Å². The first kappa shape index (κ1) is 22.7. The number of nitrogens with two attached hydrogens (primary N) is 1. The summed E-state index contributed by atoms with van der Waals surface area (Å²) in [5.41, 5.74) is 6.67. The van der Waals surface area contributed by atoms with Crippen LogP contribution >= 0.6 is 0 Å². The van der Waals surface area contributed by atoms with Gasteiger partial charge in [0.15, 0.2) is 11.5 Å². The third-order valence-electron chi connectivity index (χ3n) is 4.66. The number of para-hydroxylation sites is 1. The lowest BCUT2D eigenvalue weighted by Crippen LogP contribution is -2.21. The fourth-order valence-electron chi connectivity index (χ4n) is 3.11. The van der Waals surface area contributed by atoms with Crippen molar-refractivity contribution in [3.8, 4) is 17.1 Å². The SMILES string of the molecule is NC(=O)c1nn(-c2ccccc2)cc1CC(=O)c1coc(-c2ccnc(NCC(F)(F)F)c2)n1. The van der Waals surface area contributed by atoms with Crippen LogP contribution in [-0.4, -0.2) is 44.2 Å². The van der Waals surface area contributed by atoms with Crippen molar-refractivity contribution >= 4 is 17.5 Å². The highest BCUT2D eigenvalue weighted by atomic mass is 19.4. The molecule has 0 atom stereocenters. The van der Waals surface area contributed by atoms with Crippen molar-refractivity contribution in [3.63, 3.8) is 0 Å². The number of Topliss-reactive ketones (excluding diaryl/α,β-unsaturated/α-hetero) is 1. The summed E-state index contributed by atoms with van der Waals surface area (Å²) in [5, 5.41) is 6.34. The zero-order valence-corrected chi connectivity index (χ0v) is 17.4. The highest BCUT2D eigenvalue weighted by Crippen LogP contribution is 2.23. The number of amides is 1. The van der Waals surface area contributed by atoms with Gasteiger partial charge in [0.25, 0.3) is 5.91 Å². The topological polar surface area (TPSA) is 129 Å². The number of aromatic nitrogens is 4. The molecular formula is C22H17F3N6O3. The Bertz CT molecular complexity index is 1330. The van der Waals surface area contributed by atoms with Gasteiger partial charge in [-0.25, -0.2) is 14.6 Å². The summed E-state index contributed by atoms with van der Waals surface area (Å²) in [6, 6.07) is 11.8. The number of nitrogens with zero attached hydrogens (tertiary/aromatic N) is 4. The number of rotatable bonds is 8. The molecule has 4 aromatic rings. The first-order chi connectivity index (χ1) is 16.2. The number of oxazole rings is 1. The molecule has 0 bridgehead atoms. The molecular weight excluding hydrogens is 453 g/mol. The van der Waals surface area contributed by atoms with Gasteiger partial charge in [0.1, 0.15) is 24.3 Å². The van der Waals surface area contributed by atoms with Gasteiger partial charge in [0.2, 0.25) is 5.89 Å². The molecule has 3 heterocycles. The lowest BCUT2D eigenvalue weighted by molar-refractivity contribution is -0.115. The Morgan fingerprint density at radius 2 is 1.91 bits per heavy atom. The third-order valence-corrected chi connectivity index (χ3v) is 4.66. The van der Waals surface area contributed by atoms with E-state index in [1.54, 1.807) is 24.3 Å². The van der Waals surface area contributed by atoms with Crippen LogP contribution in [0.1, 0.15) is 26.5 Å². The fraction of sp³-hybridized carbons (Fsp3) is 0.136. The number of anilines is 1. The second-order valence-corrected chi connectivity index (χ2v) is 7.18. The summed E-state index contributed by atoms with van der Waals surface area (Å²) in [4.78, 5) is 32.6. The third kappa shape index (κ3) is 5.28. The van der Waals surface area contributed by atoms with Crippen LogP contribution in [0.25, 0.3) is 17.1 Å². The van der Waals surface area contributed by atoms with E-state index in [0.29, 0.717) is 16.8 Å². The van der Waals surface area contributed by atoms with E-state index in [-0.39, 0.29) is 29.5 Å². The van der Waals surface area contributed by atoms with Gasteiger partial charge in [-0.2, -0.15) is 18.3 Å². The van der Waals surface area contributed by atoms with Crippen molar-refractivity contribution in [1.29, 1.82) is 0 Å². The van der Waals surface area contributed by atoms with E-state index in [1.807, 2.05) is 6.07 Å². The summed E-state index contributed by atoms with van der Waals surface area (Å²) in [6.45, 7) is -1.25. The number of hydrogen-bond acceptors (Lipinski definition) is 7. The molecule has 1 aromatic carbocycles. The van der Waals surface area contributed by atoms with E-state index in [1.165, 1.54) is 29.2 Å². The zero-order chi connectivity index (χ0) is 24.3.